The van der Waals surface area contributed by atoms with Crippen LogP contribution in [0.25, 0.3) is 0 Å². The number of nitrogens with zero attached hydrogens (tertiary/aromatic N) is 2. The van der Waals surface area contributed by atoms with Crippen LogP contribution in [0, 0.1) is 19.3 Å². The third-order valence-electron chi connectivity index (χ3n) is 4.52. The fourth-order valence-corrected chi connectivity index (χ4v) is 3.11. The average molecular weight is 249 g/mol. The normalized spacial score (nSPS) is 18.9. The van der Waals surface area contributed by atoms with Crippen molar-refractivity contribution in [2.75, 3.05) is 6.54 Å². The summed E-state index contributed by atoms with van der Waals surface area (Å²) in [7, 11) is 2.03. The molecule has 1 atom stereocenters. The molecule has 1 aliphatic rings. The lowest BCUT2D eigenvalue weighted by Gasteiger charge is -2.20. The monoisotopic (exact) mass is 249 g/mol. The van der Waals surface area contributed by atoms with Gasteiger partial charge in [-0.3, -0.25) is 4.68 Å². The van der Waals surface area contributed by atoms with Crippen LogP contribution < -0.4 is 5.32 Å². The molecule has 0 bridgehead atoms. The maximum Gasteiger partial charge on any atom is 0.0644 e. The maximum absolute atomic E-state index is 4.50. The second-order valence-electron chi connectivity index (χ2n) is 6.06. The molecule has 3 nitrogen and oxygen atoms in total. The van der Waals surface area contributed by atoms with Gasteiger partial charge in [-0.15, -0.1) is 0 Å². The van der Waals surface area contributed by atoms with Crippen molar-refractivity contribution in [1.29, 1.82) is 0 Å². The molecule has 1 aliphatic carbocycles. The van der Waals surface area contributed by atoms with Gasteiger partial charge in [-0.1, -0.05) is 13.3 Å². The quantitative estimate of drug-likeness (QED) is 0.838. The second kappa shape index (κ2) is 5.04. The minimum Gasteiger partial charge on any atom is -0.310 e. The summed E-state index contributed by atoms with van der Waals surface area (Å²) in [6.45, 7) is 9.99. The molecule has 0 aliphatic heterocycles. The first-order chi connectivity index (χ1) is 8.49. The Labute approximate surface area is 111 Å². The fraction of sp³-hybridized carbons (Fsp3) is 0.800. The number of aryl methyl sites for hydroxylation is 2. The summed E-state index contributed by atoms with van der Waals surface area (Å²) in [5, 5.41) is 8.23. The van der Waals surface area contributed by atoms with E-state index in [9.17, 15) is 0 Å². The van der Waals surface area contributed by atoms with Gasteiger partial charge in [0.25, 0.3) is 0 Å². The van der Waals surface area contributed by atoms with E-state index >= 15 is 0 Å². The van der Waals surface area contributed by atoms with E-state index in [1.165, 1.54) is 36.9 Å². The van der Waals surface area contributed by atoms with Gasteiger partial charge in [0.2, 0.25) is 0 Å². The molecular weight excluding hydrogens is 222 g/mol. The summed E-state index contributed by atoms with van der Waals surface area (Å²) in [6, 6.07) is 0.410. The molecule has 1 saturated carbocycles. The molecule has 3 heteroatoms. The van der Waals surface area contributed by atoms with Crippen molar-refractivity contribution in [3.8, 4) is 0 Å². The van der Waals surface area contributed by atoms with Gasteiger partial charge in [0.05, 0.1) is 5.69 Å². The molecule has 1 fully saturated rings. The molecule has 1 heterocycles. The van der Waals surface area contributed by atoms with E-state index in [4.69, 9.17) is 0 Å². The summed E-state index contributed by atoms with van der Waals surface area (Å²) in [5.41, 5.74) is 4.44. The molecule has 1 aromatic heterocycles. The van der Waals surface area contributed by atoms with Crippen molar-refractivity contribution in [2.45, 2.75) is 59.4 Å². The zero-order valence-electron chi connectivity index (χ0n) is 12.5. The highest BCUT2D eigenvalue weighted by Gasteiger charge is 2.41. The second-order valence-corrected chi connectivity index (χ2v) is 6.06. The molecule has 18 heavy (non-hydrogen) atoms. The van der Waals surface area contributed by atoms with E-state index in [1.807, 2.05) is 11.7 Å². The van der Waals surface area contributed by atoms with E-state index in [-0.39, 0.29) is 0 Å². The molecule has 1 N–H and O–H groups in total. The first kappa shape index (κ1) is 13.6. The van der Waals surface area contributed by atoms with Gasteiger partial charge in [0, 0.05) is 30.9 Å². The number of hydrogen-bond acceptors (Lipinski definition) is 2. The Kier molecular flexibility index (Phi) is 3.81. The van der Waals surface area contributed by atoms with E-state index in [2.05, 4.69) is 38.1 Å². The topological polar surface area (TPSA) is 29.9 Å². The molecule has 1 aromatic rings. The summed E-state index contributed by atoms with van der Waals surface area (Å²) in [6.07, 6.45) is 5.50. The molecule has 0 spiro atoms. The summed E-state index contributed by atoms with van der Waals surface area (Å²) in [5.74, 6) is 0. The Balaban J connectivity index is 1.98. The van der Waals surface area contributed by atoms with Gasteiger partial charge >= 0.3 is 0 Å². The highest BCUT2D eigenvalue weighted by atomic mass is 15.3. The highest BCUT2D eigenvalue weighted by molar-refractivity contribution is 5.27. The number of aromatic nitrogens is 2. The number of hydrogen-bond donors (Lipinski definition) is 1. The third kappa shape index (κ3) is 2.61. The Morgan fingerprint density at radius 3 is 2.50 bits per heavy atom. The van der Waals surface area contributed by atoms with Gasteiger partial charge in [-0.2, -0.15) is 5.10 Å². The van der Waals surface area contributed by atoms with Crippen LogP contribution in [0.2, 0.25) is 0 Å². The summed E-state index contributed by atoms with van der Waals surface area (Å²) >= 11 is 0. The lowest BCUT2D eigenvalue weighted by molar-refractivity contribution is 0.396. The summed E-state index contributed by atoms with van der Waals surface area (Å²) in [4.78, 5) is 0. The molecule has 0 radical (unpaired) electrons. The van der Waals surface area contributed by atoms with Crippen molar-refractivity contribution in [2.24, 2.45) is 12.5 Å². The van der Waals surface area contributed by atoms with Crippen molar-refractivity contribution >= 4 is 0 Å². The van der Waals surface area contributed by atoms with E-state index in [0.717, 1.165) is 12.2 Å². The number of nitrogens with one attached hydrogen (secondary N) is 1. The molecule has 1 unspecified atom stereocenters. The van der Waals surface area contributed by atoms with Crippen molar-refractivity contribution < 1.29 is 0 Å². The van der Waals surface area contributed by atoms with Gasteiger partial charge in [0.15, 0.2) is 0 Å². The van der Waals surface area contributed by atoms with Crippen LogP contribution in [0.1, 0.15) is 62.5 Å². The van der Waals surface area contributed by atoms with Gasteiger partial charge < -0.3 is 5.32 Å². The van der Waals surface area contributed by atoms with Gasteiger partial charge in [-0.05, 0) is 45.4 Å². The molecule has 102 valence electrons. The zero-order chi connectivity index (χ0) is 13.3. The van der Waals surface area contributed by atoms with Crippen LogP contribution in [0.5, 0.6) is 0 Å². The van der Waals surface area contributed by atoms with Crippen molar-refractivity contribution in [3.05, 3.63) is 17.0 Å². The van der Waals surface area contributed by atoms with Crippen LogP contribution in [0.4, 0.5) is 0 Å². The molecule has 0 amide bonds. The van der Waals surface area contributed by atoms with Crippen molar-refractivity contribution in [3.63, 3.8) is 0 Å². The lowest BCUT2D eigenvalue weighted by atomic mass is 9.99. The molecule has 2 rings (SSSR count). The standard InChI is InChI=1S/C15H27N3/c1-6-7-15(8-9-15)10-16-11(2)14-12(3)17-18(5)13(14)4/h11,16H,6-10H2,1-5H3. The van der Waals surface area contributed by atoms with Gasteiger partial charge in [0.1, 0.15) is 0 Å². The molecule has 0 aromatic carbocycles. The summed E-state index contributed by atoms with van der Waals surface area (Å²) < 4.78 is 1.99. The van der Waals surface area contributed by atoms with Crippen LogP contribution in [-0.2, 0) is 7.05 Å². The Morgan fingerprint density at radius 2 is 2.06 bits per heavy atom. The third-order valence-corrected chi connectivity index (χ3v) is 4.52. The minimum absolute atomic E-state index is 0.410. The van der Waals surface area contributed by atoms with Crippen LogP contribution in [-0.4, -0.2) is 16.3 Å². The lowest BCUT2D eigenvalue weighted by Crippen LogP contribution is -2.27. The largest absolute Gasteiger partial charge is 0.310 e. The SMILES string of the molecule is CCCC1(CNC(C)c2c(C)nn(C)c2C)CC1. The first-order valence-corrected chi connectivity index (χ1v) is 7.22. The molecule has 0 saturated heterocycles. The molecular formula is C15H27N3. The first-order valence-electron chi connectivity index (χ1n) is 7.22. The van der Waals surface area contributed by atoms with E-state index in [0.29, 0.717) is 11.5 Å². The average Bonchev–Trinajstić information content (AvgIpc) is 3.02. The van der Waals surface area contributed by atoms with Crippen molar-refractivity contribution in [1.82, 2.24) is 15.1 Å². The minimum atomic E-state index is 0.410. The smallest absolute Gasteiger partial charge is 0.0644 e. The van der Waals surface area contributed by atoms with Crippen LogP contribution >= 0.6 is 0 Å². The van der Waals surface area contributed by atoms with E-state index < -0.39 is 0 Å². The van der Waals surface area contributed by atoms with Crippen LogP contribution in [0.15, 0.2) is 0 Å². The number of rotatable bonds is 6. The zero-order valence-corrected chi connectivity index (χ0v) is 12.5. The predicted octanol–water partition coefficient (Wildman–Crippen LogP) is 3.27. The van der Waals surface area contributed by atoms with E-state index in [1.54, 1.807) is 0 Å². The fourth-order valence-electron chi connectivity index (χ4n) is 3.11. The Bertz CT molecular complexity index is 416. The maximum atomic E-state index is 4.50. The van der Waals surface area contributed by atoms with Crippen LogP contribution in [0.3, 0.4) is 0 Å². The Morgan fingerprint density at radius 1 is 1.39 bits per heavy atom. The highest BCUT2D eigenvalue weighted by Crippen LogP contribution is 2.49. The Hall–Kier alpha value is -0.830. The van der Waals surface area contributed by atoms with Gasteiger partial charge in [-0.25, -0.2) is 0 Å². The predicted molar refractivity (Wildman–Crippen MR) is 75.7 cm³/mol.